The first-order valence-electron chi connectivity index (χ1n) is 5.91. The Kier molecular flexibility index (Phi) is 3.33. The van der Waals surface area contributed by atoms with E-state index in [1.807, 2.05) is 42.5 Å². The van der Waals surface area contributed by atoms with Gasteiger partial charge in [-0.05, 0) is 18.2 Å². The van der Waals surface area contributed by atoms with Gasteiger partial charge >= 0.3 is 0 Å². The fourth-order valence-electron chi connectivity index (χ4n) is 1.85. The first-order chi connectivity index (χ1) is 9.38. The number of hydrogen-bond acceptors (Lipinski definition) is 4. The van der Waals surface area contributed by atoms with Crippen molar-refractivity contribution >= 4 is 22.7 Å². The number of benzene rings is 2. The molecule has 4 heteroatoms. The summed E-state index contributed by atoms with van der Waals surface area (Å²) in [5.41, 5.74) is 0.877. The van der Waals surface area contributed by atoms with Crippen LogP contribution in [0.4, 0.5) is 0 Å². The number of methoxy groups -OCH3 is 1. The second-order valence-corrected chi connectivity index (χ2v) is 5.05. The van der Waals surface area contributed by atoms with Crippen LogP contribution in [0.3, 0.4) is 0 Å². The third-order valence-corrected chi connectivity index (χ3v) is 3.85. The van der Waals surface area contributed by atoms with Crippen LogP contribution in [0.15, 0.2) is 64.4 Å². The fraction of sp³-hybridized carbons (Fsp3) is 0.0667. The molecule has 0 radical (unpaired) electrons. The van der Waals surface area contributed by atoms with Crippen molar-refractivity contribution in [2.75, 3.05) is 7.11 Å². The van der Waals surface area contributed by atoms with Crippen LogP contribution in [0.5, 0.6) is 5.88 Å². The molecule has 0 N–H and O–H groups in total. The summed E-state index contributed by atoms with van der Waals surface area (Å²) in [6.45, 7) is 0. The minimum atomic E-state index is 0.563. The molecule has 3 aromatic rings. The Bertz CT molecular complexity index is 701. The van der Waals surface area contributed by atoms with Gasteiger partial charge in [-0.2, -0.15) is 0 Å². The number of ether oxygens (including phenoxy) is 1. The molecule has 0 aliphatic rings. The van der Waals surface area contributed by atoms with Crippen LogP contribution < -0.4 is 4.74 Å². The second kappa shape index (κ2) is 5.28. The average Bonchev–Trinajstić information content (AvgIpc) is 2.49. The van der Waals surface area contributed by atoms with Crippen molar-refractivity contribution in [3.8, 4) is 5.88 Å². The maximum absolute atomic E-state index is 5.33. The van der Waals surface area contributed by atoms with Gasteiger partial charge in [-0.25, -0.2) is 0 Å². The van der Waals surface area contributed by atoms with Crippen molar-refractivity contribution in [2.24, 2.45) is 0 Å². The first-order valence-corrected chi connectivity index (χ1v) is 6.72. The summed E-state index contributed by atoms with van der Waals surface area (Å²) in [4.78, 5) is 2.15. The van der Waals surface area contributed by atoms with Gasteiger partial charge in [0.05, 0.1) is 17.5 Å². The lowest BCUT2D eigenvalue weighted by atomic mass is 10.2. The predicted octanol–water partition coefficient (Wildman–Crippen LogP) is 3.79. The smallest absolute Gasteiger partial charge is 0.248 e. The summed E-state index contributed by atoms with van der Waals surface area (Å²) in [5, 5.41) is 9.35. The highest BCUT2D eigenvalue weighted by Crippen LogP contribution is 2.37. The van der Waals surface area contributed by atoms with Gasteiger partial charge in [0.2, 0.25) is 5.88 Å². The second-order valence-electron chi connectivity index (χ2n) is 3.97. The Hall–Kier alpha value is -2.07. The number of nitrogens with zero attached hydrogens (tertiary/aromatic N) is 2. The summed E-state index contributed by atoms with van der Waals surface area (Å²) >= 11 is 1.64. The summed E-state index contributed by atoms with van der Waals surface area (Å²) in [6.07, 6.45) is 0. The van der Waals surface area contributed by atoms with E-state index in [0.717, 1.165) is 20.7 Å². The molecule has 0 atom stereocenters. The topological polar surface area (TPSA) is 35.0 Å². The highest BCUT2D eigenvalue weighted by atomic mass is 32.2. The third kappa shape index (κ3) is 2.39. The predicted molar refractivity (Wildman–Crippen MR) is 76.7 cm³/mol. The molecule has 3 nitrogen and oxygen atoms in total. The molecule has 0 aliphatic carbocycles. The zero-order valence-corrected chi connectivity index (χ0v) is 11.2. The number of fused-ring (bicyclic) bond motifs is 1. The van der Waals surface area contributed by atoms with Crippen molar-refractivity contribution in [3.63, 3.8) is 0 Å². The van der Waals surface area contributed by atoms with Crippen molar-refractivity contribution in [3.05, 3.63) is 54.6 Å². The lowest BCUT2D eigenvalue weighted by Gasteiger charge is -2.09. The Morgan fingerprint density at radius 1 is 0.895 bits per heavy atom. The maximum Gasteiger partial charge on any atom is 0.248 e. The van der Waals surface area contributed by atoms with E-state index >= 15 is 0 Å². The molecule has 0 unspecified atom stereocenters. The lowest BCUT2D eigenvalue weighted by Crippen LogP contribution is -1.94. The maximum atomic E-state index is 5.33. The highest BCUT2D eigenvalue weighted by molar-refractivity contribution is 7.99. The molecule has 0 aliphatic heterocycles. The minimum absolute atomic E-state index is 0.563. The first kappa shape index (κ1) is 12.0. The Morgan fingerprint density at radius 3 is 2.42 bits per heavy atom. The molecule has 19 heavy (non-hydrogen) atoms. The highest BCUT2D eigenvalue weighted by Gasteiger charge is 2.12. The van der Waals surface area contributed by atoms with Gasteiger partial charge < -0.3 is 4.74 Å². The van der Waals surface area contributed by atoms with Crippen LogP contribution in [-0.4, -0.2) is 17.3 Å². The van der Waals surface area contributed by atoms with E-state index in [9.17, 15) is 0 Å². The monoisotopic (exact) mass is 268 g/mol. The number of aromatic nitrogens is 2. The summed E-state index contributed by atoms with van der Waals surface area (Å²) in [7, 11) is 1.62. The quantitative estimate of drug-likeness (QED) is 0.724. The van der Waals surface area contributed by atoms with Crippen molar-refractivity contribution in [1.82, 2.24) is 10.2 Å². The van der Waals surface area contributed by atoms with E-state index in [4.69, 9.17) is 4.74 Å². The Labute approximate surface area is 115 Å². The Balaban J connectivity index is 2.15. The zero-order chi connectivity index (χ0) is 13.1. The SMILES string of the molecule is COc1nnc2ccccc2c1Sc1ccccc1. The van der Waals surface area contributed by atoms with Crippen molar-refractivity contribution < 1.29 is 4.74 Å². The van der Waals surface area contributed by atoms with E-state index < -0.39 is 0 Å². The van der Waals surface area contributed by atoms with Crippen LogP contribution in [0, 0.1) is 0 Å². The van der Waals surface area contributed by atoms with Gasteiger partial charge in [0.15, 0.2) is 0 Å². The molecule has 0 spiro atoms. The van der Waals surface area contributed by atoms with Crippen LogP contribution in [0.1, 0.15) is 0 Å². The van der Waals surface area contributed by atoms with Gasteiger partial charge in [-0.15, -0.1) is 10.2 Å². The van der Waals surface area contributed by atoms with Gasteiger partial charge in [0.25, 0.3) is 0 Å². The van der Waals surface area contributed by atoms with Crippen LogP contribution in [0.2, 0.25) is 0 Å². The molecule has 2 aromatic carbocycles. The van der Waals surface area contributed by atoms with E-state index in [1.54, 1.807) is 18.9 Å². The number of rotatable bonds is 3. The van der Waals surface area contributed by atoms with Crippen molar-refractivity contribution in [1.29, 1.82) is 0 Å². The average molecular weight is 268 g/mol. The molecule has 94 valence electrons. The third-order valence-electron chi connectivity index (χ3n) is 2.75. The van der Waals surface area contributed by atoms with Crippen LogP contribution in [-0.2, 0) is 0 Å². The van der Waals surface area contributed by atoms with E-state index in [1.165, 1.54) is 0 Å². The molecular weight excluding hydrogens is 256 g/mol. The van der Waals surface area contributed by atoms with E-state index in [0.29, 0.717) is 5.88 Å². The standard InChI is InChI=1S/C15H12N2OS/c1-18-15-14(19-11-7-3-2-4-8-11)12-9-5-6-10-13(12)16-17-15/h2-10H,1H3. The van der Waals surface area contributed by atoms with Crippen LogP contribution in [0.25, 0.3) is 10.9 Å². The normalized spacial score (nSPS) is 10.6. The van der Waals surface area contributed by atoms with Gasteiger partial charge in [-0.3, -0.25) is 0 Å². The molecule has 0 saturated heterocycles. The minimum Gasteiger partial charge on any atom is -0.479 e. The molecule has 1 heterocycles. The fourth-order valence-corrected chi connectivity index (χ4v) is 2.87. The molecular formula is C15H12N2OS. The molecule has 1 aromatic heterocycles. The molecule has 0 fully saturated rings. The van der Waals surface area contributed by atoms with Crippen molar-refractivity contribution in [2.45, 2.75) is 9.79 Å². The van der Waals surface area contributed by atoms with Gasteiger partial charge in [0.1, 0.15) is 0 Å². The zero-order valence-electron chi connectivity index (χ0n) is 10.4. The van der Waals surface area contributed by atoms with Crippen LogP contribution >= 0.6 is 11.8 Å². The molecule has 0 saturated carbocycles. The van der Waals surface area contributed by atoms with E-state index in [2.05, 4.69) is 22.3 Å². The molecule has 0 amide bonds. The lowest BCUT2D eigenvalue weighted by molar-refractivity contribution is 0.383. The number of hydrogen-bond donors (Lipinski definition) is 0. The van der Waals surface area contributed by atoms with E-state index in [-0.39, 0.29) is 0 Å². The molecule has 3 rings (SSSR count). The summed E-state index contributed by atoms with van der Waals surface area (Å²) < 4.78 is 5.33. The van der Waals surface area contributed by atoms with Gasteiger partial charge in [-0.1, -0.05) is 48.2 Å². The van der Waals surface area contributed by atoms with Gasteiger partial charge in [0, 0.05) is 10.3 Å². The summed E-state index contributed by atoms with van der Waals surface area (Å²) in [6, 6.07) is 18.1. The Morgan fingerprint density at radius 2 is 1.63 bits per heavy atom. The summed E-state index contributed by atoms with van der Waals surface area (Å²) in [5.74, 6) is 0.563. The largest absolute Gasteiger partial charge is 0.479 e. The molecule has 0 bridgehead atoms.